The van der Waals surface area contributed by atoms with Gasteiger partial charge in [0.15, 0.2) is 0 Å². The van der Waals surface area contributed by atoms with Gasteiger partial charge in [-0.2, -0.15) is 0 Å². The largest absolute Gasteiger partial charge is 0.397 e. The zero-order chi connectivity index (χ0) is 21.5. The highest BCUT2D eigenvalue weighted by Crippen LogP contribution is 2.41. The third kappa shape index (κ3) is 4.04. The highest BCUT2D eigenvalue weighted by atomic mass is 19.1. The molecular formula is C24H29FN4O2. The van der Waals surface area contributed by atoms with Gasteiger partial charge >= 0.3 is 0 Å². The minimum atomic E-state index is -0.288. The van der Waals surface area contributed by atoms with Crippen LogP contribution in [-0.4, -0.2) is 66.1 Å². The van der Waals surface area contributed by atoms with Crippen molar-refractivity contribution in [2.45, 2.75) is 31.3 Å². The van der Waals surface area contributed by atoms with E-state index in [0.29, 0.717) is 41.0 Å². The Morgan fingerprint density at radius 2 is 1.81 bits per heavy atom. The molecule has 0 radical (unpaired) electrons. The summed E-state index contributed by atoms with van der Waals surface area (Å²) in [5.74, 6) is 0.951. The smallest absolute Gasteiger partial charge is 0.228 e. The van der Waals surface area contributed by atoms with E-state index in [1.165, 1.54) is 12.1 Å². The summed E-state index contributed by atoms with van der Waals surface area (Å²) < 4.78 is 18.6. The first-order valence-electron chi connectivity index (χ1n) is 11.1. The number of hydrogen-bond acceptors (Lipinski definition) is 5. The van der Waals surface area contributed by atoms with E-state index in [9.17, 15) is 9.18 Å². The molecule has 31 heavy (non-hydrogen) atoms. The average Bonchev–Trinajstić information content (AvgIpc) is 3.28. The number of pyridine rings is 1. The lowest BCUT2D eigenvalue weighted by molar-refractivity contribution is -0.129. The predicted molar refractivity (Wildman–Crippen MR) is 117 cm³/mol. The Kier molecular flexibility index (Phi) is 5.40. The van der Waals surface area contributed by atoms with E-state index >= 15 is 0 Å². The van der Waals surface area contributed by atoms with Crippen molar-refractivity contribution in [3.63, 3.8) is 0 Å². The maximum absolute atomic E-state index is 13.2. The van der Waals surface area contributed by atoms with Crippen molar-refractivity contribution in [2.75, 3.05) is 39.1 Å². The first-order valence-corrected chi connectivity index (χ1v) is 11.1. The minimum Gasteiger partial charge on any atom is -0.397 e. The van der Waals surface area contributed by atoms with Gasteiger partial charge in [0.05, 0.1) is 42.8 Å². The fourth-order valence-electron chi connectivity index (χ4n) is 5.25. The van der Waals surface area contributed by atoms with E-state index in [0.717, 1.165) is 44.7 Å². The number of anilines is 1. The number of nitrogens with zero attached hydrogens (tertiary/aromatic N) is 3. The third-order valence-electron chi connectivity index (χ3n) is 7.32. The van der Waals surface area contributed by atoms with Crippen molar-refractivity contribution >= 4 is 11.6 Å². The van der Waals surface area contributed by atoms with Crippen molar-refractivity contribution in [1.29, 1.82) is 0 Å². The lowest BCUT2D eigenvalue weighted by Crippen LogP contribution is -2.51. The molecule has 0 spiro atoms. The van der Waals surface area contributed by atoms with Crippen molar-refractivity contribution in [3.05, 3.63) is 47.9 Å². The van der Waals surface area contributed by atoms with Crippen molar-refractivity contribution in [2.24, 2.45) is 11.8 Å². The summed E-state index contributed by atoms with van der Waals surface area (Å²) in [6, 6.07) is 10.9. The second-order valence-electron chi connectivity index (χ2n) is 9.22. The van der Waals surface area contributed by atoms with E-state index < -0.39 is 0 Å². The van der Waals surface area contributed by atoms with Crippen LogP contribution in [-0.2, 0) is 16.0 Å². The van der Waals surface area contributed by atoms with Crippen LogP contribution in [0.25, 0.3) is 11.3 Å². The van der Waals surface area contributed by atoms with Gasteiger partial charge in [-0.05, 0) is 68.1 Å². The first kappa shape index (κ1) is 20.4. The highest BCUT2D eigenvalue weighted by molar-refractivity contribution is 5.80. The molecule has 2 saturated heterocycles. The molecular weight excluding hydrogens is 395 g/mol. The van der Waals surface area contributed by atoms with Gasteiger partial charge < -0.3 is 15.4 Å². The Morgan fingerprint density at radius 1 is 1.13 bits per heavy atom. The molecule has 2 unspecified atom stereocenters. The maximum Gasteiger partial charge on any atom is 0.228 e. The van der Waals surface area contributed by atoms with Crippen LogP contribution in [0, 0.1) is 17.7 Å². The molecule has 1 saturated carbocycles. The number of ether oxygens (including phenoxy) is 1. The Bertz CT molecular complexity index is 949. The number of aromatic nitrogens is 1. The van der Waals surface area contributed by atoms with Gasteiger partial charge in [-0.1, -0.05) is 0 Å². The molecule has 1 aromatic carbocycles. The van der Waals surface area contributed by atoms with Crippen LogP contribution in [0.1, 0.15) is 18.5 Å². The fourth-order valence-corrected chi connectivity index (χ4v) is 5.25. The van der Waals surface area contributed by atoms with E-state index in [1.807, 2.05) is 4.90 Å². The van der Waals surface area contributed by atoms with Crippen LogP contribution in [0.3, 0.4) is 0 Å². The summed E-state index contributed by atoms with van der Waals surface area (Å²) in [5.41, 5.74) is 8.73. The number of fused-ring (bicyclic) bond motifs is 1. The molecule has 3 fully saturated rings. The van der Waals surface area contributed by atoms with Gasteiger partial charge in [0.25, 0.3) is 0 Å². The van der Waals surface area contributed by atoms with Gasteiger partial charge in [0.2, 0.25) is 5.91 Å². The molecule has 5 rings (SSSR count). The topological polar surface area (TPSA) is 71.7 Å². The normalized spacial score (nSPS) is 25.6. The number of benzene rings is 1. The van der Waals surface area contributed by atoms with Gasteiger partial charge in [0.1, 0.15) is 5.82 Å². The molecule has 2 aliphatic heterocycles. The number of carbonyl (C=O) groups is 1. The minimum absolute atomic E-state index is 0.0853. The number of nitrogen functional groups attached to an aromatic ring is 1. The number of carbonyl (C=O) groups excluding carboxylic acids is 1. The van der Waals surface area contributed by atoms with E-state index in [1.54, 1.807) is 24.3 Å². The first-order chi connectivity index (χ1) is 15.0. The summed E-state index contributed by atoms with van der Waals surface area (Å²) in [4.78, 5) is 22.1. The van der Waals surface area contributed by atoms with Crippen LogP contribution < -0.4 is 5.73 Å². The maximum atomic E-state index is 13.2. The lowest BCUT2D eigenvalue weighted by atomic mass is 10.0. The lowest BCUT2D eigenvalue weighted by Gasteiger charge is -2.38. The molecule has 3 aliphatic rings. The number of amides is 1. The molecule has 2 aromatic rings. The van der Waals surface area contributed by atoms with E-state index in [2.05, 4.69) is 16.9 Å². The standard InChI is InChI=1S/C24H29FN4O2/c1-28(20-13-31-14-20)19-8-16-11-29(12-17(16)9-19)24(30)10-23-21(26)6-7-22(27-23)15-2-4-18(25)5-3-15/h2-7,16-17,19-20H,8-14,26H2,1H3. The SMILES string of the molecule is CN(C1COC1)C1CC2CN(C(=O)Cc3nc(-c4ccc(F)cc4)ccc3N)CC2C1. The molecule has 164 valence electrons. The molecule has 3 heterocycles. The summed E-state index contributed by atoms with van der Waals surface area (Å²) in [7, 11) is 2.21. The summed E-state index contributed by atoms with van der Waals surface area (Å²) in [6.45, 7) is 3.34. The molecule has 6 nitrogen and oxygen atoms in total. The predicted octanol–water partition coefficient (Wildman–Crippen LogP) is 2.58. The number of likely N-dealkylation sites (N-methyl/N-ethyl adjacent to an activating group) is 1. The van der Waals surface area contributed by atoms with E-state index in [-0.39, 0.29) is 18.1 Å². The fraction of sp³-hybridized carbons (Fsp3) is 0.500. The molecule has 2 N–H and O–H groups in total. The molecule has 1 aromatic heterocycles. The number of likely N-dealkylation sites (tertiary alicyclic amines) is 1. The van der Waals surface area contributed by atoms with Crippen LogP contribution in [0.2, 0.25) is 0 Å². The summed E-state index contributed by atoms with van der Waals surface area (Å²) in [6.07, 6.45) is 2.51. The van der Waals surface area contributed by atoms with Crippen LogP contribution >= 0.6 is 0 Å². The second kappa shape index (κ2) is 8.20. The van der Waals surface area contributed by atoms with Crippen molar-refractivity contribution in [1.82, 2.24) is 14.8 Å². The second-order valence-corrected chi connectivity index (χ2v) is 9.22. The van der Waals surface area contributed by atoms with E-state index in [4.69, 9.17) is 10.5 Å². The number of hydrogen-bond donors (Lipinski definition) is 1. The zero-order valence-electron chi connectivity index (χ0n) is 17.8. The quantitative estimate of drug-likeness (QED) is 0.799. The zero-order valence-corrected chi connectivity index (χ0v) is 17.8. The number of halogens is 1. The Morgan fingerprint density at radius 3 is 2.42 bits per heavy atom. The molecule has 1 aliphatic carbocycles. The van der Waals surface area contributed by atoms with Crippen LogP contribution in [0.5, 0.6) is 0 Å². The highest BCUT2D eigenvalue weighted by Gasteiger charge is 2.44. The van der Waals surface area contributed by atoms with Gasteiger partial charge in [-0.15, -0.1) is 0 Å². The average molecular weight is 425 g/mol. The van der Waals surface area contributed by atoms with Crippen LogP contribution in [0.4, 0.5) is 10.1 Å². The molecule has 1 amide bonds. The number of nitrogens with two attached hydrogens (primary N) is 1. The molecule has 0 bridgehead atoms. The molecule has 2 atom stereocenters. The van der Waals surface area contributed by atoms with Crippen molar-refractivity contribution < 1.29 is 13.9 Å². The Labute approximate surface area is 182 Å². The van der Waals surface area contributed by atoms with Gasteiger partial charge in [-0.3, -0.25) is 14.7 Å². The Balaban J connectivity index is 1.21. The summed E-state index contributed by atoms with van der Waals surface area (Å²) >= 11 is 0. The summed E-state index contributed by atoms with van der Waals surface area (Å²) in [5, 5.41) is 0. The molecule has 7 heteroatoms. The monoisotopic (exact) mass is 424 g/mol. The third-order valence-corrected chi connectivity index (χ3v) is 7.32. The van der Waals surface area contributed by atoms with Crippen molar-refractivity contribution in [3.8, 4) is 11.3 Å². The Hall–Kier alpha value is -2.51. The van der Waals surface area contributed by atoms with Crippen LogP contribution in [0.15, 0.2) is 36.4 Å². The number of rotatable bonds is 5. The van der Waals surface area contributed by atoms with Gasteiger partial charge in [-0.25, -0.2) is 4.39 Å². The van der Waals surface area contributed by atoms with Gasteiger partial charge in [0, 0.05) is 24.7 Å².